The van der Waals surface area contributed by atoms with Gasteiger partial charge in [-0.2, -0.15) is 0 Å². The standard InChI is InChI=1S/C20H31N/c1-13(14-5-3-2-4-6-14)21-11-19-17-9-10-18(20(19)12-21)16-8-7-15(16)17/h14-20H,1-12H2. The minimum Gasteiger partial charge on any atom is -0.374 e. The van der Waals surface area contributed by atoms with Crippen LogP contribution in [0.15, 0.2) is 12.3 Å². The maximum Gasteiger partial charge on any atom is 0.0209 e. The van der Waals surface area contributed by atoms with Gasteiger partial charge in [0.1, 0.15) is 0 Å². The van der Waals surface area contributed by atoms with Crippen LogP contribution in [-0.4, -0.2) is 18.0 Å². The van der Waals surface area contributed by atoms with E-state index in [0.717, 1.165) is 41.4 Å². The van der Waals surface area contributed by atoms with Crippen molar-refractivity contribution in [3.63, 3.8) is 0 Å². The molecule has 1 heteroatoms. The van der Waals surface area contributed by atoms with Crippen molar-refractivity contribution in [3.05, 3.63) is 12.3 Å². The molecule has 0 spiro atoms. The molecule has 0 radical (unpaired) electrons. The second-order valence-electron chi connectivity index (χ2n) is 8.87. The van der Waals surface area contributed by atoms with E-state index in [4.69, 9.17) is 0 Å². The summed E-state index contributed by atoms with van der Waals surface area (Å²) in [6.07, 6.45) is 13.5. The van der Waals surface area contributed by atoms with Crippen molar-refractivity contribution in [1.82, 2.24) is 4.90 Å². The van der Waals surface area contributed by atoms with Crippen LogP contribution in [-0.2, 0) is 0 Å². The van der Waals surface area contributed by atoms with Gasteiger partial charge in [0.05, 0.1) is 0 Å². The highest BCUT2D eigenvalue weighted by Crippen LogP contribution is 2.63. The average Bonchev–Trinajstić information content (AvgIpc) is 2.94. The van der Waals surface area contributed by atoms with Crippen LogP contribution < -0.4 is 0 Å². The van der Waals surface area contributed by atoms with Gasteiger partial charge in [-0.05, 0) is 80.0 Å². The highest BCUT2D eigenvalue weighted by Gasteiger charge is 2.59. The largest absolute Gasteiger partial charge is 0.374 e. The summed E-state index contributed by atoms with van der Waals surface area (Å²) in [4.78, 5) is 2.77. The zero-order chi connectivity index (χ0) is 14.0. The van der Waals surface area contributed by atoms with Gasteiger partial charge in [-0.3, -0.25) is 0 Å². The molecule has 1 heterocycles. The van der Waals surface area contributed by atoms with E-state index in [0.29, 0.717) is 0 Å². The molecule has 5 aliphatic carbocycles. The fraction of sp³-hybridized carbons (Fsp3) is 0.900. The van der Waals surface area contributed by atoms with E-state index in [2.05, 4.69) is 11.5 Å². The number of hydrogen-bond donors (Lipinski definition) is 0. The molecule has 6 rings (SSSR count). The van der Waals surface area contributed by atoms with Crippen molar-refractivity contribution >= 4 is 0 Å². The van der Waals surface area contributed by atoms with Gasteiger partial charge < -0.3 is 4.90 Å². The van der Waals surface area contributed by atoms with E-state index in [9.17, 15) is 0 Å². The van der Waals surface area contributed by atoms with Crippen molar-refractivity contribution in [2.75, 3.05) is 13.1 Å². The van der Waals surface area contributed by atoms with Gasteiger partial charge in [0.2, 0.25) is 0 Å². The number of allylic oxidation sites excluding steroid dienone is 1. The van der Waals surface area contributed by atoms with E-state index < -0.39 is 0 Å². The van der Waals surface area contributed by atoms with E-state index >= 15 is 0 Å². The van der Waals surface area contributed by atoms with Crippen molar-refractivity contribution in [2.24, 2.45) is 41.4 Å². The zero-order valence-corrected chi connectivity index (χ0v) is 13.5. The van der Waals surface area contributed by atoms with Crippen LogP contribution in [0.5, 0.6) is 0 Å². The molecule has 1 saturated heterocycles. The molecular formula is C20H31N. The van der Waals surface area contributed by atoms with Crippen molar-refractivity contribution in [3.8, 4) is 0 Å². The topological polar surface area (TPSA) is 3.24 Å². The summed E-state index contributed by atoms with van der Waals surface area (Å²) in [5.74, 6) is 7.41. The van der Waals surface area contributed by atoms with Gasteiger partial charge in [-0.15, -0.1) is 0 Å². The molecule has 0 N–H and O–H groups in total. The third-order valence-electron chi connectivity index (χ3n) is 8.31. The molecule has 0 aromatic carbocycles. The molecule has 1 aliphatic heterocycles. The number of rotatable bonds is 2. The second-order valence-corrected chi connectivity index (χ2v) is 8.87. The maximum atomic E-state index is 4.57. The fourth-order valence-electron chi connectivity index (χ4n) is 7.18. The van der Waals surface area contributed by atoms with Gasteiger partial charge in [-0.25, -0.2) is 0 Å². The Balaban J connectivity index is 1.33. The minimum atomic E-state index is 0.827. The van der Waals surface area contributed by atoms with Gasteiger partial charge in [0, 0.05) is 18.8 Å². The lowest BCUT2D eigenvalue weighted by molar-refractivity contribution is -0.108. The Kier molecular flexibility index (Phi) is 2.96. The Labute approximate surface area is 130 Å². The summed E-state index contributed by atoms with van der Waals surface area (Å²) in [5.41, 5.74) is 1.54. The van der Waals surface area contributed by atoms with Crippen LogP contribution in [0.4, 0.5) is 0 Å². The second kappa shape index (κ2) is 4.77. The average molecular weight is 285 g/mol. The Bertz CT molecular complexity index is 409. The Morgan fingerprint density at radius 2 is 1.10 bits per heavy atom. The molecular weight excluding hydrogens is 254 g/mol. The van der Waals surface area contributed by atoms with Gasteiger partial charge in [0.15, 0.2) is 0 Å². The SMILES string of the molecule is C=C(C1CCCCC1)N1CC2C3CCC(C4CCC43)C2C1. The molecule has 5 saturated carbocycles. The third kappa shape index (κ3) is 1.82. The van der Waals surface area contributed by atoms with Crippen LogP contribution in [0.1, 0.15) is 57.8 Å². The maximum absolute atomic E-state index is 4.57. The van der Waals surface area contributed by atoms with E-state index in [1.165, 1.54) is 50.9 Å². The molecule has 0 aromatic heterocycles. The smallest absolute Gasteiger partial charge is 0.0209 e. The molecule has 116 valence electrons. The quantitative estimate of drug-likeness (QED) is 0.711. The zero-order valence-electron chi connectivity index (χ0n) is 13.5. The van der Waals surface area contributed by atoms with Gasteiger partial charge >= 0.3 is 0 Å². The van der Waals surface area contributed by atoms with E-state index in [1.54, 1.807) is 25.7 Å². The Hall–Kier alpha value is -0.460. The normalized spacial score (nSPS) is 48.7. The summed E-state index contributed by atoms with van der Waals surface area (Å²) in [7, 11) is 0. The van der Waals surface area contributed by atoms with Crippen LogP contribution in [0.2, 0.25) is 0 Å². The summed E-state index contributed by atoms with van der Waals surface area (Å²) in [6, 6.07) is 0. The van der Waals surface area contributed by atoms with E-state index in [1.807, 2.05) is 0 Å². The number of nitrogens with zero attached hydrogens (tertiary/aromatic N) is 1. The highest BCUT2D eigenvalue weighted by atomic mass is 15.2. The van der Waals surface area contributed by atoms with Crippen LogP contribution in [0.25, 0.3) is 0 Å². The van der Waals surface area contributed by atoms with Crippen molar-refractivity contribution < 1.29 is 0 Å². The minimum absolute atomic E-state index is 0.827. The van der Waals surface area contributed by atoms with Crippen LogP contribution >= 0.6 is 0 Å². The summed E-state index contributed by atoms with van der Waals surface area (Å²) in [5, 5.41) is 0. The summed E-state index contributed by atoms with van der Waals surface area (Å²) >= 11 is 0. The first-order chi connectivity index (χ1) is 10.3. The van der Waals surface area contributed by atoms with Crippen molar-refractivity contribution in [2.45, 2.75) is 57.8 Å². The molecule has 2 bridgehead atoms. The third-order valence-corrected chi connectivity index (χ3v) is 8.31. The molecule has 6 fully saturated rings. The molecule has 0 aromatic rings. The molecule has 6 atom stereocenters. The predicted molar refractivity (Wildman–Crippen MR) is 86.7 cm³/mol. The number of likely N-dealkylation sites (tertiary alicyclic amines) is 1. The molecule has 1 nitrogen and oxygen atoms in total. The van der Waals surface area contributed by atoms with Gasteiger partial charge in [-0.1, -0.05) is 25.8 Å². The Morgan fingerprint density at radius 1 is 0.619 bits per heavy atom. The first-order valence-corrected chi connectivity index (χ1v) is 9.76. The van der Waals surface area contributed by atoms with Crippen LogP contribution in [0, 0.1) is 41.4 Å². The predicted octanol–water partition coefficient (Wildman–Crippen LogP) is 4.69. The first-order valence-electron chi connectivity index (χ1n) is 9.76. The first kappa shape index (κ1) is 13.0. The lowest BCUT2D eigenvalue weighted by Crippen LogP contribution is -2.54. The Morgan fingerprint density at radius 3 is 1.62 bits per heavy atom. The molecule has 21 heavy (non-hydrogen) atoms. The fourth-order valence-corrected chi connectivity index (χ4v) is 7.18. The van der Waals surface area contributed by atoms with Gasteiger partial charge in [0.25, 0.3) is 0 Å². The molecule has 6 aliphatic rings. The summed E-state index contributed by atoms with van der Waals surface area (Å²) < 4.78 is 0. The monoisotopic (exact) mass is 285 g/mol. The number of fused-ring (bicyclic) bond motifs is 1. The lowest BCUT2D eigenvalue weighted by atomic mass is 9.45. The molecule has 0 amide bonds. The van der Waals surface area contributed by atoms with Crippen LogP contribution in [0.3, 0.4) is 0 Å². The highest BCUT2D eigenvalue weighted by molar-refractivity contribution is 5.13. The van der Waals surface area contributed by atoms with E-state index in [-0.39, 0.29) is 0 Å². The summed E-state index contributed by atoms with van der Waals surface area (Å²) in [6.45, 7) is 7.33. The van der Waals surface area contributed by atoms with Crippen molar-refractivity contribution in [1.29, 1.82) is 0 Å². The number of hydrogen-bond acceptors (Lipinski definition) is 1. The molecule has 6 unspecified atom stereocenters. The lowest BCUT2D eigenvalue weighted by Gasteiger charge is -2.60.